The number of likely N-dealkylation sites (tertiary alicyclic amines) is 1. The number of allylic oxidation sites excluding steroid dienone is 3. The minimum Gasteiger partial charge on any atom is -0.378 e. The molecule has 3 N–H and O–H groups in total. The van der Waals surface area contributed by atoms with Crippen LogP contribution in [0.3, 0.4) is 0 Å². The Morgan fingerprint density at radius 3 is 2.57 bits per heavy atom. The Morgan fingerprint density at radius 2 is 1.81 bits per heavy atom. The maximum atomic E-state index is 13.7. The number of piperidine rings is 1. The summed E-state index contributed by atoms with van der Waals surface area (Å²) in [5.41, 5.74) is 0.693. The minimum atomic E-state index is -0.277. The summed E-state index contributed by atoms with van der Waals surface area (Å²) in [4.78, 5) is 45.3. The minimum absolute atomic E-state index is 0.0193. The molecule has 0 spiro atoms. The van der Waals surface area contributed by atoms with E-state index in [0.717, 1.165) is 25.9 Å². The number of fused-ring (bicyclic) bond motifs is 1. The van der Waals surface area contributed by atoms with Crippen molar-refractivity contribution in [2.45, 2.75) is 37.1 Å². The third kappa shape index (κ3) is 5.89. The smallest absolute Gasteiger partial charge is 0.319 e. The van der Waals surface area contributed by atoms with Crippen molar-refractivity contribution in [3.05, 3.63) is 34.9 Å². The van der Waals surface area contributed by atoms with Gasteiger partial charge in [-0.3, -0.25) is 14.5 Å². The van der Waals surface area contributed by atoms with Crippen LogP contribution in [-0.2, 0) is 14.3 Å². The summed E-state index contributed by atoms with van der Waals surface area (Å²) in [6.07, 6.45) is 9.91. The Hall–Kier alpha value is -2.34. The van der Waals surface area contributed by atoms with Crippen LogP contribution in [0, 0.1) is 5.92 Å². The average Bonchev–Trinajstić information content (AvgIpc) is 3.30. The number of carbonyl (C=O) groups excluding carboxylic acids is 3. The van der Waals surface area contributed by atoms with Crippen molar-refractivity contribution in [3.63, 3.8) is 0 Å². The number of urea groups is 1. The molecular weight excluding hydrogens is 492 g/mol. The number of morpholine rings is 1. The first-order valence-corrected chi connectivity index (χ1v) is 14.4. The number of ether oxygens (including phenoxy) is 1. The molecule has 3 saturated heterocycles. The highest BCUT2D eigenvalue weighted by atomic mass is 32.2. The van der Waals surface area contributed by atoms with Gasteiger partial charge in [0.25, 0.3) is 5.91 Å². The van der Waals surface area contributed by atoms with E-state index in [9.17, 15) is 14.4 Å². The molecule has 0 radical (unpaired) electrons. The van der Waals surface area contributed by atoms with Gasteiger partial charge in [-0.25, -0.2) is 4.79 Å². The van der Waals surface area contributed by atoms with Gasteiger partial charge in [-0.15, -0.1) is 0 Å². The van der Waals surface area contributed by atoms with Gasteiger partial charge in [-0.05, 0) is 19.8 Å². The van der Waals surface area contributed by atoms with Gasteiger partial charge in [0, 0.05) is 69.6 Å². The number of hydrogen-bond acceptors (Lipinski definition) is 7. The van der Waals surface area contributed by atoms with Crippen molar-refractivity contribution in [1.82, 2.24) is 30.7 Å². The van der Waals surface area contributed by atoms with E-state index in [1.165, 1.54) is 0 Å². The van der Waals surface area contributed by atoms with E-state index in [0.29, 0.717) is 69.1 Å². The lowest BCUT2D eigenvalue weighted by Crippen LogP contribution is -2.61. The molecule has 3 unspecified atom stereocenters. The zero-order valence-electron chi connectivity index (χ0n) is 21.5. The molecule has 0 saturated carbocycles. The van der Waals surface area contributed by atoms with Crippen LogP contribution in [0.15, 0.2) is 34.9 Å². The molecule has 37 heavy (non-hydrogen) atoms. The van der Waals surface area contributed by atoms with E-state index in [2.05, 4.69) is 33.0 Å². The first kappa shape index (κ1) is 26.3. The van der Waals surface area contributed by atoms with Gasteiger partial charge in [-0.2, -0.15) is 0 Å². The van der Waals surface area contributed by atoms with Crippen LogP contribution in [0.1, 0.15) is 19.8 Å². The Labute approximate surface area is 222 Å². The maximum Gasteiger partial charge on any atom is 0.319 e. The van der Waals surface area contributed by atoms with Crippen LogP contribution < -0.4 is 16.0 Å². The number of hydrogen-bond donors (Lipinski definition) is 3. The molecular formula is C26H38N6O4S. The van der Waals surface area contributed by atoms with Gasteiger partial charge < -0.3 is 30.5 Å². The van der Waals surface area contributed by atoms with E-state index >= 15 is 0 Å². The molecule has 4 amide bonds. The zero-order valence-corrected chi connectivity index (χ0v) is 22.3. The van der Waals surface area contributed by atoms with E-state index < -0.39 is 0 Å². The second-order valence-electron chi connectivity index (χ2n) is 10.1. The Bertz CT molecular complexity index is 970. The van der Waals surface area contributed by atoms with Crippen LogP contribution in [-0.4, -0.2) is 115 Å². The van der Waals surface area contributed by atoms with Crippen LogP contribution in [0.5, 0.6) is 0 Å². The first-order valence-electron chi connectivity index (χ1n) is 13.5. The molecule has 1 aliphatic carbocycles. The third-order valence-corrected chi connectivity index (χ3v) is 9.09. The average molecular weight is 531 g/mol. The van der Waals surface area contributed by atoms with Crippen LogP contribution in [0.4, 0.5) is 4.79 Å². The van der Waals surface area contributed by atoms with Gasteiger partial charge in [0.1, 0.15) is 0 Å². The van der Waals surface area contributed by atoms with Crippen molar-refractivity contribution < 1.29 is 19.1 Å². The number of piperazine rings is 1. The van der Waals surface area contributed by atoms with Gasteiger partial charge in [0.05, 0.1) is 29.9 Å². The van der Waals surface area contributed by atoms with Gasteiger partial charge in [0.2, 0.25) is 5.91 Å². The van der Waals surface area contributed by atoms with E-state index in [1.807, 2.05) is 28.9 Å². The van der Waals surface area contributed by atoms with Crippen LogP contribution in [0.2, 0.25) is 0 Å². The fourth-order valence-corrected chi connectivity index (χ4v) is 7.15. The molecule has 3 fully saturated rings. The summed E-state index contributed by atoms with van der Waals surface area (Å²) in [6, 6.07) is -0.102. The number of nitrogens with one attached hydrogen (secondary N) is 3. The lowest BCUT2D eigenvalue weighted by atomic mass is 9.91. The number of thioether (sulfide) groups is 1. The predicted octanol–water partition coefficient (Wildman–Crippen LogP) is 0.498. The second kappa shape index (κ2) is 12.0. The lowest BCUT2D eigenvalue weighted by molar-refractivity contribution is -0.139. The summed E-state index contributed by atoms with van der Waals surface area (Å²) < 4.78 is 5.39. The van der Waals surface area contributed by atoms with Crippen molar-refractivity contribution in [2.75, 3.05) is 65.6 Å². The quantitative estimate of drug-likeness (QED) is 0.475. The fraction of sp³-hybridized carbons (Fsp3) is 0.654. The van der Waals surface area contributed by atoms with Crippen molar-refractivity contribution in [2.24, 2.45) is 5.92 Å². The molecule has 0 aromatic heterocycles. The summed E-state index contributed by atoms with van der Waals surface area (Å²) in [5, 5.41) is 9.89. The Kier molecular flexibility index (Phi) is 8.53. The summed E-state index contributed by atoms with van der Waals surface area (Å²) in [5.74, 6) is 0.158. The first-order chi connectivity index (χ1) is 18.0. The van der Waals surface area contributed by atoms with Gasteiger partial charge in [-0.1, -0.05) is 36.1 Å². The highest BCUT2D eigenvalue weighted by Crippen LogP contribution is 2.44. The van der Waals surface area contributed by atoms with Crippen molar-refractivity contribution in [1.29, 1.82) is 0 Å². The standard InChI is InChI=1S/C26H38N6O4S/c1-2-27-26(35)29-23-22(19-5-3-4-6-21(19)37-23)25(34)30-10-7-18(8-11-30)32-12-9-28-20(17-32)24(33)31-13-15-36-16-14-31/h3-6,18-21,28H,2,7-17H2,1H3,(H2,27,29,35). The molecule has 11 heteroatoms. The highest BCUT2D eigenvalue weighted by molar-refractivity contribution is 8.04. The maximum absolute atomic E-state index is 13.7. The van der Waals surface area contributed by atoms with E-state index in [1.54, 1.807) is 11.8 Å². The number of rotatable bonds is 5. The molecule has 202 valence electrons. The molecule has 10 nitrogen and oxygen atoms in total. The van der Waals surface area contributed by atoms with Gasteiger partial charge in [0.15, 0.2) is 0 Å². The summed E-state index contributed by atoms with van der Waals surface area (Å²) >= 11 is 1.55. The Morgan fingerprint density at radius 1 is 1.05 bits per heavy atom. The molecule has 4 aliphatic heterocycles. The fourth-order valence-electron chi connectivity index (χ4n) is 5.83. The van der Waals surface area contributed by atoms with E-state index in [4.69, 9.17) is 4.74 Å². The third-order valence-electron chi connectivity index (χ3n) is 7.81. The SMILES string of the molecule is CCNC(=O)NC1=C(C(=O)N2CCC(N3CCNC(C(=O)N4CCOCC4)C3)CC2)C2C=CC=CC2S1. The lowest BCUT2D eigenvalue weighted by Gasteiger charge is -2.43. The van der Waals surface area contributed by atoms with Crippen molar-refractivity contribution in [3.8, 4) is 0 Å². The Balaban J connectivity index is 1.20. The second-order valence-corrected chi connectivity index (χ2v) is 11.3. The molecule has 0 aromatic carbocycles. The summed E-state index contributed by atoms with van der Waals surface area (Å²) in [6.45, 7) is 8.70. The number of amides is 4. The summed E-state index contributed by atoms with van der Waals surface area (Å²) in [7, 11) is 0. The molecule has 5 aliphatic rings. The van der Waals surface area contributed by atoms with Gasteiger partial charge >= 0.3 is 6.03 Å². The van der Waals surface area contributed by atoms with Crippen LogP contribution >= 0.6 is 11.8 Å². The molecule has 3 atom stereocenters. The highest BCUT2D eigenvalue weighted by Gasteiger charge is 2.41. The van der Waals surface area contributed by atoms with Crippen LogP contribution in [0.25, 0.3) is 0 Å². The monoisotopic (exact) mass is 530 g/mol. The van der Waals surface area contributed by atoms with Crippen molar-refractivity contribution >= 4 is 29.6 Å². The predicted molar refractivity (Wildman–Crippen MR) is 143 cm³/mol. The molecule has 0 bridgehead atoms. The molecule has 0 aromatic rings. The molecule has 5 rings (SSSR count). The zero-order chi connectivity index (χ0) is 25.8. The normalized spacial score (nSPS) is 28.8. The molecule has 4 heterocycles. The topological polar surface area (TPSA) is 106 Å². The number of carbonyl (C=O) groups is 3. The largest absolute Gasteiger partial charge is 0.378 e. The van der Waals surface area contributed by atoms with E-state index in [-0.39, 0.29) is 35.1 Å². The number of nitrogens with zero attached hydrogens (tertiary/aromatic N) is 3.